The summed E-state index contributed by atoms with van der Waals surface area (Å²) in [6.45, 7) is 2.85. The van der Waals surface area contributed by atoms with Crippen LogP contribution in [0.25, 0.3) is 0 Å². The Bertz CT molecular complexity index is 708. The van der Waals surface area contributed by atoms with Crippen LogP contribution in [0.4, 0.5) is 11.4 Å². The third-order valence-corrected chi connectivity index (χ3v) is 4.36. The SMILES string of the molecule is Cc1cccc2c1NC(=O)C1Cc3ccccc3CN21. The molecule has 2 aromatic rings. The summed E-state index contributed by atoms with van der Waals surface area (Å²) in [4.78, 5) is 14.6. The lowest BCUT2D eigenvalue weighted by molar-refractivity contribution is -0.117. The van der Waals surface area contributed by atoms with E-state index in [1.807, 2.05) is 19.1 Å². The zero-order valence-electron chi connectivity index (χ0n) is 11.4. The molecular formula is C17H16N2O. The van der Waals surface area contributed by atoms with E-state index in [1.54, 1.807) is 0 Å². The molecule has 1 N–H and O–H groups in total. The number of amides is 1. The minimum Gasteiger partial charge on any atom is -0.353 e. The summed E-state index contributed by atoms with van der Waals surface area (Å²) in [5.74, 6) is 0.112. The molecule has 0 bridgehead atoms. The number of nitrogens with one attached hydrogen (secondary N) is 1. The van der Waals surface area contributed by atoms with Crippen molar-refractivity contribution in [3.63, 3.8) is 0 Å². The molecule has 0 spiro atoms. The van der Waals surface area contributed by atoms with Gasteiger partial charge in [-0.25, -0.2) is 0 Å². The Morgan fingerprint density at radius 1 is 1.10 bits per heavy atom. The van der Waals surface area contributed by atoms with Gasteiger partial charge in [0.05, 0.1) is 11.4 Å². The van der Waals surface area contributed by atoms with Crippen LogP contribution < -0.4 is 10.2 Å². The highest BCUT2D eigenvalue weighted by Gasteiger charge is 2.36. The molecule has 0 aromatic heterocycles. The number of anilines is 2. The summed E-state index contributed by atoms with van der Waals surface area (Å²) >= 11 is 0. The lowest BCUT2D eigenvalue weighted by Gasteiger charge is -2.42. The smallest absolute Gasteiger partial charge is 0.247 e. The van der Waals surface area contributed by atoms with Crippen molar-refractivity contribution in [3.05, 3.63) is 59.2 Å². The van der Waals surface area contributed by atoms with Crippen LogP contribution in [-0.4, -0.2) is 11.9 Å². The largest absolute Gasteiger partial charge is 0.353 e. The third kappa shape index (κ3) is 1.56. The molecule has 3 heteroatoms. The molecule has 2 aliphatic rings. The number of hydrogen-bond acceptors (Lipinski definition) is 2. The number of para-hydroxylation sites is 1. The van der Waals surface area contributed by atoms with Crippen LogP contribution in [0.1, 0.15) is 16.7 Å². The highest BCUT2D eigenvalue weighted by atomic mass is 16.2. The molecule has 1 amide bonds. The van der Waals surface area contributed by atoms with E-state index in [1.165, 1.54) is 11.1 Å². The average molecular weight is 264 g/mol. The monoisotopic (exact) mass is 264 g/mol. The quantitative estimate of drug-likeness (QED) is 0.793. The van der Waals surface area contributed by atoms with Gasteiger partial charge in [-0.2, -0.15) is 0 Å². The van der Waals surface area contributed by atoms with Crippen LogP contribution in [-0.2, 0) is 17.8 Å². The van der Waals surface area contributed by atoms with E-state index in [0.29, 0.717) is 0 Å². The molecule has 0 saturated carbocycles. The Labute approximate surface area is 118 Å². The fourth-order valence-corrected chi connectivity index (χ4v) is 3.27. The average Bonchev–Trinajstić information content (AvgIpc) is 2.47. The second-order valence-corrected chi connectivity index (χ2v) is 5.57. The number of fused-ring (bicyclic) bond motifs is 4. The summed E-state index contributed by atoms with van der Waals surface area (Å²) in [5.41, 5.74) is 5.84. The van der Waals surface area contributed by atoms with Crippen molar-refractivity contribution in [2.75, 3.05) is 10.2 Å². The van der Waals surface area contributed by atoms with E-state index in [0.717, 1.165) is 29.9 Å². The predicted octanol–water partition coefficient (Wildman–Crippen LogP) is 2.88. The van der Waals surface area contributed by atoms with Crippen molar-refractivity contribution in [1.29, 1.82) is 0 Å². The van der Waals surface area contributed by atoms with Crippen molar-refractivity contribution < 1.29 is 4.79 Å². The van der Waals surface area contributed by atoms with Gasteiger partial charge in [-0.1, -0.05) is 36.4 Å². The number of nitrogens with zero attached hydrogens (tertiary/aromatic N) is 1. The van der Waals surface area contributed by atoms with Crippen LogP contribution in [0, 0.1) is 6.92 Å². The van der Waals surface area contributed by atoms with Gasteiger partial charge in [-0.05, 0) is 29.7 Å². The summed E-state index contributed by atoms with van der Waals surface area (Å²) in [6, 6.07) is 14.5. The highest BCUT2D eigenvalue weighted by Crippen LogP contribution is 2.38. The first-order valence-corrected chi connectivity index (χ1v) is 6.98. The summed E-state index contributed by atoms with van der Waals surface area (Å²) in [5, 5.41) is 3.08. The zero-order chi connectivity index (χ0) is 13.7. The minimum absolute atomic E-state index is 0.0841. The van der Waals surface area contributed by atoms with Gasteiger partial charge in [-0.3, -0.25) is 4.79 Å². The van der Waals surface area contributed by atoms with Crippen molar-refractivity contribution in [3.8, 4) is 0 Å². The van der Waals surface area contributed by atoms with Gasteiger partial charge >= 0.3 is 0 Å². The fraction of sp³-hybridized carbons (Fsp3) is 0.235. The number of benzene rings is 2. The summed E-state index contributed by atoms with van der Waals surface area (Å²) in [7, 11) is 0. The molecule has 100 valence electrons. The first kappa shape index (κ1) is 11.5. The van der Waals surface area contributed by atoms with Gasteiger partial charge < -0.3 is 10.2 Å². The molecular weight excluding hydrogens is 248 g/mol. The van der Waals surface area contributed by atoms with E-state index in [2.05, 4.69) is 40.5 Å². The molecule has 0 saturated heterocycles. The minimum atomic E-state index is -0.0841. The van der Waals surface area contributed by atoms with Crippen LogP contribution in [0.3, 0.4) is 0 Å². The molecule has 0 fully saturated rings. The van der Waals surface area contributed by atoms with Crippen molar-refractivity contribution in [2.24, 2.45) is 0 Å². The molecule has 3 nitrogen and oxygen atoms in total. The summed E-state index contributed by atoms with van der Waals surface area (Å²) in [6.07, 6.45) is 0.787. The van der Waals surface area contributed by atoms with E-state index < -0.39 is 0 Å². The van der Waals surface area contributed by atoms with Gasteiger partial charge in [0, 0.05) is 13.0 Å². The first-order chi connectivity index (χ1) is 9.74. The molecule has 0 aliphatic carbocycles. The van der Waals surface area contributed by atoms with E-state index in [9.17, 15) is 4.79 Å². The molecule has 2 heterocycles. The number of hydrogen-bond donors (Lipinski definition) is 1. The van der Waals surface area contributed by atoms with Gasteiger partial charge in [0.1, 0.15) is 6.04 Å². The Balaban J connectivity index is 1.85. The molecule has 1 atom stereocenters. The number of carbonyl (C=O) groups is 1. The third-order valence-electron chi connectivity index (χ3n) is 4.36. The predicted molar refractivity (Wildman–Crippen MR) is 79.9 cm³/mol. The van der Waals surface area contributed by atoms with Crippen LogP contribution >= 0.6 is 0 Å². The molecule has 1 unspecified atom stereocenters. The maximum Gasteiger partial charge on any atom is 0.247 e. The number of aryl methyl sites for hydroxylation is 1. The van der Waals surface area contributed by atoms with E-state index >= 15 is 0 Å². The van der Waals surface area contributed by atoms with E-state index in [-0.39, 0.29) is 11.9 Å². The maximum atomic E-state index is 12.4. The molecule has 20 heavy (non-hydrogen) atoms. The Morgan fingerprint density at radius 3 is 2.75 bits per heavy atom. The normalized spacial score (nSPS) is 19.8. The topological polar surface area (TPSA) is 32.3 Å². The number of rotatable bonds is 0. The molecule has 2 aliphatic heterocycles. The Hall–Kier alpha value is -2.29. The van der Waals surface area contributed by atoms with Gasteiger partial charge in [0.25, 0.3) is 0 Å². The van der Waals surface area contributed by atoms with Crippen molar-refractivity contribution in [2.45, 2.75) is 25.9 Å². The Kier molecular flexibility index (Phi) is 2.36. The first-order valence-electron chi connectivity index (χ1n) is 6.98. The lowest BCUT2D eigenvalue weighted by atomic mass is 9.91. The number of carbonyl (C=O) groups excluding carboxylic acids is 1. The van der Waals surface area contributed by atoms with Crippen molar-refractivity contribution in [1.82, 2.24) is 0 Å². The molecule has 2 aromatic carbocycles. The van der Waals surface area contributed by atoms with Gasteiger partial charge in [0.15, 0.2) is 0 Å². The fourth-order valence-electron chi connectivity index (χ4n) is 3.27. The second kappa shape index (κ2) is 4.10. The summed E-state index contributed by atoms with van der Waals surface area (Å²) < 4.78 is 0. The van der Waals surface area contributed by atoms with Crippen LogP contribution in [0.5, 0.6) is 0 Å². The van der Waals surface area contributed by atoms with Gasteiger partial charge in [-0.15, -0.1) is 0 Å². The van der Waals surface area contributed by atoms with E-state index in [4.69, 9.17) is 0 Å². The van der Waals surface area contributed by atoms with Gasteiger partial charge in [0.2, 0.25) is 5.91 Å². The molecule has 0 radical (unpaired) electrons. The maximum absolute atomic E-state index is 12.4. The van der Waals surface area contributed by atoms with Crippen molar-refractivity contribution >= 4 is 17.3 Å². The molecule has 4 rings (SSSR count). The van der Waals surface area contributed by atoms with Crippen LogP contribution in [0.2, 0.25) is 0 Å². The Morgan fingerprint density at radius 2 is 1.90 bits per heavy atom. The second-order valence-electron chi connectivity index (χ2n) is 5.57. The lowest BCUT2D eigenvalue weighted by Crippen LogP contribution is -2.51. The van der Waals surface area contributed by atoms with Crippen LogP contribution in [0.15, 0.2) is 42.5 Å². The highest BCUT2D eigenvalue weighted by molar-refractivity contribution is 6.04. The zero-order valence-corrected chi connectivity index (χ0v) is 11.4. The standard InChI is InChI=1S/C17H16N2O/c1-11-5-4-8-14-16(11)18-17(20)15-9-12-6-2-3-7-13(12)10-19(14)15/h2-8,15H,9-10H2,1H3,(H,18,20).